The molecule has 4 heteroatoms. The van der Waals surface area contributed by atoms with Gasteiger partial charge in [0.15, 0.2) is 0 Å². The summed E-state index contributed by atoms with van der Waals surface area (Å²) >= 11 is 0. The predicted octanol–water partition coefficient (Wildman–Crippen LogP) is -0.293. The lowest BCUT2D eigenvalue weighted by Crippen LogP contribution is -2.49. The van der Waals surface area contributed by atoms with Gasteiger partial charge in [0, 0.05) is 13.1 Å². The molecule has 4 nitrogen and oxygen atoms in total. The van der Waals surface area contributed by atoms with Crippen LogP contribution in [0.1, 0.15) is 26.2 Å². The standard InChI is InChI=1S/C9H18N2O2/c1-2-8(10)9(13)11-5-3-4-7(12)6-11/h7-8,12H,2-6,10H2,1H3/t7-,8?/m0/s1. The van der Waals surface area contributed by atoms with E-state index in [1.807, 2.05) is 6.92 Å². The van der Waals surface area contributed by atoms with Crippen LogP contribution in [-0.2, 0) is 4.79 Å². The number of β-amino-alcohol motifs (C(OH)–C–C–N with tert-alkyl or cyclic N) is 1. The molecule has 0 spiro atoms. The molecule has 0 aromatic heterocycles. The van der Waals surface area contributed by atoms with Crippen LogP contribution in [0.4, 0.5) is 0 Å². The number of nitrogens with zero attached hydrogens (tertiary/aromatic N) is 1. The maximum Gasteiger partial charge on any atom is 0.239 e. The third kappa shape index (κ3) is 2.67. The van der Waals surface area contributed by atoms with Crippen molar-refractivity contribution in [3.63, 3.8) is 0 Å². The number of hydrogen-bond donors (Lipinski definition) is 2. The maximum absolute atomic E-state index is 11.6. The van der Waals surface area contributed by atoms with Crippen LogP contribution in [0.5, 0.6) is 0 Å². The van der Waals surface area contributed by atoms with Crippen molar-refractivity contribution >= 4 is 5.91 Å². The highest BCUT2D eigenvalue weighted by Crippen LogP contribution is 2.11. The van der Waals surface area contributed by atoms with Gasteiger partial charge < -0.3 is 15.7 Å². The van der Waals surface area contributed by atoms with Gasteiger partial charge in [-0.1, -0.05) is 6.92 Å². The maximum atomic E-state index is 11.6. The zero-order chi connectivity index (χ0) is 9.84. The van der Waals surface area contributed by atoms with Gasteiger partial charge in [-0.2, -0.15) is 0 Å². The fourth-order valence-electron chi connectivity index (χ4n) is 1.56. The van der Waals surface area contributed by atoms with Gasteiger partial charge in [-0.15, -0.1) is 0 Å². The number of piperidine rings is 1. The Kier molecular flexibility index (Phi) is 3.69. The van der Waals surface area contributed by atoms with Crippen molar-refractivity contribution < 1.29 is 9.90 Å². The van der Waals surface area contributed by atoms with Crippen LogP contribution in [0.3, 0.4) is 0 Å². The topological polar surface area (TPSA) is 66.6 Å². The molecule has 2 atom stereocenters. The second kappa shape index (κ2) is 4.58. The number of carbonyl (C=O) groups is 1. The third-order valence-corrected chi connectivity index (χ3v) is 2.47. The highest BCUT2D eigenvalue weighted by molar-refractivity contribution is 5.81. The molecule has 3 N–H and O–H groups in total. The normalized spacial score (nSPS) is 25.8. The summed E-state index contributed by atoms with van der Waals surface area (Å²) in [4.78, 5) is 13.2. The van der Waals surface area contributed by atoms with Gasteiger partial charge in [0.25, 0.3) is 0 Å². The van der Waals surface area contributed by atoms with E-state index < -0.39 is 6.04 Å². The fraction of sp³-hybridized carbons (Fsp3) is 0.889. The molecule has 13 heavy (non-hydrogen) atoms. The Morgan fingerprint density at radius 2 is 2.46 bits per heavy atom. The summed E-state index contributed by atoms with van der Waals surface area (Å²) < 4.78 is 0. The van der Waals surface area contributed by atoms with E-state index in [0.29, 0.717) is 13.0 Å². The Morgan fingerprint density at radius 3 is 3.00 bits per heavy atom. The third-order valence-electron chi connectivity index (χ3n) is 2.47. The molecule has 1 rings (SSSR count). The van der Waals surface area contributed by atoms with Crippen molar-refractivity contribution in [2.24, 2.45) is 5.73 Å². The van der Waals surface area contributed by atoms with Gasteiger partial charge in [0.05, 0.1) is 12.1 Å². The van der Waals surface area contributed by atoms with Crippen LogP contribution in [0, 0.1) is 0 Å². The van der Waals surface area contributed by atoms with Gasteiger partial charge in [0.2, 0.25) is 5.91 Å². The Balaban J connectivity index is 2.46. The van der Waals surface area contributed by atoms with Crippen LogP contribution in [0.2, 0.25) is 0 Å². The van der Waals surface area contributed by atoms with Crippen molar-refractivity contribution in [3.05, 3.63) is 0 Å². The zero-order valence-electron chi connectivity index (χ0n) is 8.07. The monoisotopic (exact) mass is 186 g/mol. The number of carbonyl (C=O) groups excluding carboxylic acids is 1. The van der Waals surface area contributed by atoms with Crippen molar-refractivity contribution in [3.8, 4) is 0 Å². The molecule has 1 aliphatic heterocycles. The minimum absolute atomic E-state index is 0.0266. The number of amides is 1. The molecule has 1 amide bonds. The van der Waals surface area contributed by atoms with E-state index in [4.69, 9.17) is 5.73 Å². The summed E-state index contributed by atoms with van der Waals surface area (Å²) in [7, 11) is 0. The smallest absolute Gasteiger partial charge is 0.239 e. The predicted molar refractivity (Wildman–Crippen MR) is 50.1 cm³/mol. The molecule has 0 aliphatic carbocycles. The molecule has 1 unspecified atom stereocenters. The number of hydrogen-bond acceptors (Lipinski definition) is 3. The lowest BCUT2D eigenvalue weighted by atomic mass is 10.1. The number of nitrogens with two attached hydrogens (primary N) is 1. The van der Waals surface area contributed by atoms with Crippen molar-refractivity contribution in [1.82, 2.24) is 4.90 Å². The van der Waals surface area contributed by atoms with Crippen LogP contribution in [-0.4, -0.2) is 41.1 Å². The van der Waals surface area contributed by atoms with Crippen molar-refractivity contribution in [1.29, 1.82) is 0 Å². The van der Waals surface area contributed by atoms with E-state index in [0.717, 1.165) is 19.4 Å². The molecule has 0 saturated carbocycles. The molecule has 1 aliphatic rings. The minimum atomic E-state index is -0.398. The second-order valence-corrected chi connectivity index (χ2v) is 3.60. The quantitative estimate of drug-likeness (QED) is 0.622. The Bertz CT molecular complexity index is 184. The van der Waals surface area contributed by atoms with E-state index in [1.54, 1.807) is 4.90 Å². The molecule has 0 bridgehead atoms. The fourth-order valence-corrected chi connectivity index (χ4v) is 1.56. The summed E-state index contributed by atoms with van der Waals surface area (Å²) in [5.41, 5.74) is 5.62. The first-order valence-corrected chi connectivity index (χ1v) is 4.87. The largest absolute Gasteiger partial charge is 0.391 e. The summed E-state index contributed by atoms with van der Waals surface area (Å²) in [6.45, 7) is 3.08. The molecule has 76 valence electrons. The van der Waals surface area contributed by atoms with Crippen molar-refractivity contribution in [2.75, 3.05) is 13.1 Å². The summed E-state index contributed by atoms with van der Waals surface area (Å²) in [5, 5.41) is 9.35. The van der Waals surface area contributed by atoms with Gasteiger partial charge in [0.1, 0.15) is 0 Å². The van der Waals surface area contributed by atoms with E-state index in [-0.39, 0.29) is 12.0 Å². The lowest BCUT2D eigenvalue weighted by molar-refractivity contribution is -0.135. The summed E-state index contributed by atoms with van der Waals surface area (Å²) in [5.74, 6) is -0.0266. The van der Waals surface area contributed by atoms with Gasteiger partial charge >= 0.3 is 0 Å². The summed E-state index contributed by atoms with van der Waals surface area (Å²) in [6, 6.07) is -0.398. The van der Waals surface area contributed by atoms with Crippen molar-refractivity contribution in [2.45, 2.75) is 38.3 Å². The van der Waals surface area contributed by atoms with Gasteiger partial charge in [-0.05, 0) is 19.3 Å². The molecular formula is C9H18N2O2. The molecule has 0 radical (unpaired) electrons. The average Bonchev–Trinajstić information content (AvgIpc) is 2.15. The van der Waals surface area contributed by atoms with E-state index in [1.165, 1.54) is 0 Å². The number of aliphatic hydroxyl groups excluding tert-OH is 1. The van der Waals surface area contributed by atoms with Gasteiger partial charge in [-0.25, -0.2) is 0 Å². The minimum Gasteiger partial charge on any atom is -0.391 e. The first-order chi connectivity index (χ1) is 6.15. The Hall–Kier alpha value is -0.610. The molecule has 0 aromatic rings. The van der Waals surface area contributed by atoms with Crippen LogP contribution < -0.4 is 5.73 Å². The van der Waals surface area contributed by atoms with Gasteiger partial charge in [-0.3, -0.25) is 4.79 Å². The van der Waals surface area contributed by atoms with E-state index in [9.17, 15) is 9.90 Å². The second-order valence-electron chi connectivity index (χ2n) is 3.60. The molecule has 1 fully saturated rings. The Labute approximate surface area is 78.7 Å². The van der Waals surface area contributed by atoms with Crippen LogP contribution in [0.15, 0.2) is 0 Å². The van der Waals surface area contributed by atoms with E-state index >= 15 is 0 Å². The molecule has 1 saturated heterocycles. The van der Waals surface area contributed by atoms with E-state index in [2.05, 4.69) is 0 Å². The average molecular weight is 186 g/mol. The van der Waals surface area contributed by atoms with Crippen LogP contribution >= 0.6 is 0 Å². The zero-order valence-corrected chi connectivity index (χ0v) is 8.07. The first kappa shape index (κ1) is 10.5. The number of aliphatic hydroxyl groups is 1. The SMILES string of the molecule is CCC(N)C(=O)N1CCC[C@H](O)C1. The number of likely N-dealkylation sites (tertiary alicyclic amines) is 1. The number of rotatable bonds is 2. The Morgan fingerprint density at radius 1 is 1.77 bits per heavy atom. The molecular weight excluding hydrogens is 168 g/mol. The molecule has 0 aromatic carbocycles. The summed E-state index contributed by atoms with van der Waals surface area (Å²) in [6.07, 6.45) is 1.97. The molecule has 1 heterocycles. The highest BCUT2D eigenvalue weighted by atomic mass is 16.3. The highest BCUT2D eigenvalue weighted by Gasteiger charge is 2.24. The lowest BCUT2D eigenvalue weighted by Gasteiger charge is -2.31. The first-order valence-electron chi connectivity index (χ1n) is 4.87. The van der Waals surface area contributed by atoms with Crippen LogP contribution in [0.25, 0.3) is 0 Å².